The summed E-state index contributed by atoms with van der Waals surface area (Å²) in [6.45, 7) is 1.88. The third kappa shape index (κ3) is 2.30. The fourth-order valence-corrected chi connectivity index (χ4v) is 3.56. The number of rotatable bonds is 3. The normalized spacial score (nSPS) is 14.6. The molecule has 0 aliphatic carbocycles. The average Bonchev–Trinajstić information content (AvgIpc) is 2.75. The van der Waals surface area contributed by atoms with Crippen LogP contribution in [0, 0.1) is 5.82 Å². The molecule has 1 nitrogen and oxygen atoms in total. The van der Waals surface area contributed by atoms with E-state index in [1.165, 1.54) is 23.5 Å². The lowest BCUT2D eigenvalue weighted by Crippen LogP contribution is -2.26. The molecule has 1 aromatic carbocycles. The molecule has 1 aromatic heterocycles. The SMILES string of the molecule is CCC(O)(c1cccc(F)c1)c1cscc1Br. The van der Waals surface area contributed by atoms with Crippen molar-refractivity contribution in [3.63, 3.8) is 0 Å². The molecule has 0 fully saturated rings. The Kier molecular flexibility index (Phi) is 3.66. The molecule has 0 saturated heterocycles. The van der Waals surface area contributed by atoms with Crippen molar-refractivity contribution in [1.82, 2.24) is 0 Å². The number of aliphatic hydroxyl groups is 1. The Balaban J connectivity index is 2.55. The van der Waals surface area contributed by atoms with Crippen LogP contribution in [0.25, 0.3) is 0 Å². The van der Waals surface area contributed by atoms with Crippen LogP contribution in [0.3, 0.4) is 0 Å². The van der Waals surface area contributed by atoms with Crippen LogP contribution in [-0.2, 0) is 5.60 Å². The Morgan fingerprint density at radius 1 is 1.41 bits per heavy atom. The van der Waals surface area contributed by atoms with E-state index in [1.54, 1.807) is 12.1 Å². The predicted octanol–water partition coefficient (Wildman–Crippen LogP) is 4.30. The zero-order valence-electron chi connectivity index (χ0n) is 9.28. The quantitative estimate of drug-likeness (QED) is 0.895. The van der Waals surface area contributed by atoms with Crippen molar-refractivity contribution in [2.24, 2.45) is 0 Å². The molecule has 1 heterocycles. The first kappa shape index (κ1) is 12.7. The van der Waals surface area contributed by atoms with Crippen molar-refractivity contribution in [3.8, 4) is 0 Å². The van der Waals surface area contributed by atoms with Gasteiger partial charge in [-0.2, -0.15) is 11.3 Å². The Hall–Kier alpha value is -0.710. The van der Waals surface area contributed by atoms with E-state index >= 15 is 0 Å². The van der Waals surface area contributed by atoms with Gasteiger partial charge in [0.2, 0.25) is 0 Å². The smallest absolute Gasteiger partial charge is 0.123 e. The third-order valence-corrected chi connectivity index (χ3v) is 4.58. The second-order valence-corrected chi connectivity index (χ2v) is 5.46. The molecule has 0 amide bonds. The largest absolute Gasteiger partial charge is 0.380 e. The molecule has 0 aliphatic heterocycles. The molecule has 0 aliphatic rings. The first-order chi connectivity index (χ1) is 8.08. The van der Waals surface area contributed by atoms with Crippen LogP contribution in [0.4, 0.5) is 4.39 Å². The maximum absolute atomic E-state index is 13.3. The van der Waals surface area contributed by atoms with Gasteiger partial charge in [0, 0.05) is 15.4 Å². The van der Waals surface area contributed by atoms with Crippen molar-refractivity contribution < 1.29 is 9.50 Å². The first-order valence-electron chi connectivity index (χ1n) is 5.28. The molecule has 4 heteroatoms. The molecule has 2 rings (SSSR count). The summed E-state index contributed by atoms with van der Waals surface area (Å²) >= 11 is 4.92. The standard InChI is InChI=1S/C13H12BrFOS/c1-2-13(16,11-7-17-8-12(11)14)9-4-3-5-10(15)6-9/h3-8,16H,2H2,1H3. The fourth-order valence-electron chi connectivity index (χ4n) is 1.87. The lowest BCUT2D eigenvalue weighted by molar-refractivity contribution is 0.0759. The maximum atomic E-state index is 13.3. The highest BCUT2D eigenvalue weighted by Gasteiger charge is 2.32. The third-order valence-electron chi connectivity index (χ3n) is 2.87. The summed E-state index contributed by atoms with van der Waals surface area (Å²) in [5, 5.41) is 14.6. The molecule has 0 spiro atoms. The molecule has 0 saturated carbocycles. The zero-order chi connectivity index (χ0) is 12.5. The number of halogens is 2. The summed E-state index contributed by atoms with van der Waals surface area (Å²) < 4.78 is 14.1. The van der Waals surface area contributed by atoms with Crippen LogP contribution in [0.5, 0.6) is 0 Å². The lowest BCUT2D eigenvalue weighted by atomic mass is 9.86. The van der Waals surface area contributed by atoms with Gasteiger partial charge in [-0.1, -0.05) is 19.1 Å². The van der Waals surface area contributed by atoms with E-state index in [2.05, 4.69) is 15.9 Å². The minimum Gasteiger partial charge on any atom is -0.380 e. The monoisotopic (exact) mass is 314 g/mol. The second-order valence-electron chi connectivity index (χ2n) is 3.86. The fraction of sp³-hybridized carbons (Fsp3) is 0.231. The number of thiophene rings is 1. The lowest BCUT2D eigenvalue weighted by Gasteiger charge is -2.27. The van der Waals surface area contributed by atoms with E-state index in [1.807, 2.05) is 17.7 Å². The van der Waals surface area contributed by atoms with Crippen molar-refractivity contribution in [2.45, 2.75) is 18.9 Å². The van der Waals surface area contributed by atoms with Crippen LogP contribution in [0.2, 0.25) is 0 Å². The summed E-state index contributed by atoms with van der Waals surface area (Å²) in [5.41, 5.74) is 0.232. The van der Waals surface area contributed by atoms with Gasteiger partial charge in [-0.15, -0.1) is 0 Å². The number of hydrogen-bond donors (Lipinski definition) is 1. The van der Waals surface area contributed by atoms with Gasteiger partial charge in [-0.05, 0) is 45.4 Å². The van der Waals surface area contributed by atoms with Gasteiger partial charge < -0.3 is 5.11 Å². The molecule has 2 aromatic rings. The van der Waals surface area contributed by atoms with Crippen molar-refractivity contribution in [1.29, 1.82) is 0 Å². The summed E-state index contributed by atoms with van der Waals surface area (Å²) in [6, 6.07) is 6.12. The van der Waals surface area contributed by atoms with Gasteiger partial charge in [0.05, 0.1) is 0 Å². The Bertz CT molecular complexity index is 526. The van der Waals surface area contributed by atoms with Gasteiger partial charge in [-0.3, -0.25) is 0 Å². The van der Waals surface area contributed by atoms with E-state index in [-0.39, 0.29) is 5.82 Å². The van der Waals surface area contributed by atoms with Crippen LogP contribution >= 0.6 is 27.3 Å². The predicted molar refractivity (Wildman–Crippen MR) is 71.7 cm³/mol. The highest BCUT2D eigenvalue weighted by atomic mass is 79.9. The maximum Gasteiger partial charge on any atom is 0.123 e. The van der Waals surface area contributed by atoms with E-state index < -0.39 is 5.60 Å². The van der Waals surface area contributed by atoms with E-state index in [9.17, 15) is 9.50 Å². The number of hydrogen-bond acceptors (Lipinski definition) is 2. The van der Waals surface area contributed by atoms with Gasteiger partial charge in [0.15, 0.2) is 0 Å². The van der Waals surface area contributed by atoms with Crippen LogP contribution < -0.4 is 0 Å². The molecule has 17 heavy (non-hydrogen) atoms. The Morgan fingerprint density at radius 3 is 2.71 bits per heavy atom. The number of benzene rings is 1. The summed E-state index contributed by atoms with van der Waals surface area (Å²) in [6.07, 6.45) is 0.492. The minimum atomic E-state index is -1.14. The molecule has 0 bridgehead atoms. The highest BCUT2D eigenvalue weighted by molar-refractivity contribution is 9.10. The molecule has 1 N–H and O–H groups in total. The second kappa shape index (κ2) is 4.88. The highest BCUT2D eigenvalue weighted by Crippen LogP contribution is 2.39. The van der Waals surface area contributed by atoms with E-state index in [0.29, 0.717) is 12.0 Å². The molecular weight excluding hydrogens is 303 g/mol. The van der Waals surface area contributed by atoms with Gasteiger partial charge in [-0.25, -0.2) is 4.39 Å². The van der Waals surface area contributed by atoms with Crippen LogP contribution in [0.15, 0.2) is 39.5 Å². The molecular formula is C13H12BrFOS. The average molecular weight is 315 g/mol. The summed E-state index contributed by atoms with van der Waals surface area (Å²) in [7, 11) is 0. The summed E-state index contributed by atoms with van der Waals surface area (Å²) in [5.74, 6) is -0.333. The van der Waals surface area contributed by atoms with Crippen molar-refractivity contribution in [3.05, 3.63) is 56.4 Å². The molecule has 0 radical (unpaired) electrons. The van der Waals surface area contributed by atoms with Gasteiger partial charge >= 0.3 is 0 Å². The molecule has 1 atom stereocenters. The van der Waals surface area contributed by atoms with E-state index in [0.717, 1.165) is 10.0 Å². The topological polar surface area (TPSA) is 20.2 Å². The van der Waals surface area contributed by atoms with Crippen LogP contribution in [-0.4, -0.2) is 5.11 Å². The van der Waals surface area contributed by atoms with E-state index in [4.69, 9.17) is 0 Å². The Morgan fingerprint density at radius 2 is 2.18 bits per heavy atom. The summed E-state index contributed by atoms with van der Waals surface area (Å²) in [4.78, 5) is 0. The van der Waals surface area contributed by atoms with Crippen LogP contribution in [0.1, 0.15) is 24.5 Å². The molecule has 1 unspecified atom stereocenters. The van der Waals surface area contributed by atoms with Gasteiger partial charge in [0.25, 0.3) is 0 Å². The van der Waals surface area contributed by atoms with Crippen molar-refractivity contribution >= 4 is 27.3 Å². The van der Waals surface area contributed by atoms with Crippen molar-refractivity contribution in [2.75, 3.05) is 0 Å². The zero-order valence-corrected chi connectivity index (χ0v) is 11.7. The van der Waals surface area contributed by atoms with Gasteiger partial charge in [0.1, 0.15) is 11.4 Å². The molecule has 90 valence electrons. The first-order valence-corrected chi connectivity index (χ1v) is 7.02. The Labute approximate surface area is 112 Å². The minimum absolute atomic E-state index is 0.333.